The Kier molecular flexibility index (Phi) is 8.20. The Morgan fingerprint density at radius 3 is 2.61 bits per heavy atom. The Morgan fingerprint density at radius 2 is 1.94 bits per heavy atom. The highest BCUT2D eigenvalue weighted by atomic mass is 16.6. The average molecular weight is 500 g/mol. The van der Waals surface area contributed by atoms with Crippen LogP contribution in [0, 0.1) is 11.3 Å². The van der Waals surface area contributed by atoms with Gasteiger partial charge in [0.25, 0.3) is 0 Å². The van der Waals surface area contributed by atoms with Crippen molar-refractivity contribution in [2.45, 2.75) is 89.6 Å². The zero-order chi connectivity index (χ0) is 25.9. The molecule has 1 aromatic rings. The number of amides is 1. The summed E-state index contributed by atoms with van der Waals surface area (Å²) in [5, 5.41) is 12.9. The van der Waals surface area contributed by atoms with Gasteiger partial charge in [0.15, 0.2) is 0 Å². The minimum absolute atomic E-state index is 0.124. The lowest BCUT2D eigenvalue weighted by atomic mass is 9.92. The maximum atomic E-state index is 12.8. The van der Waals surface area contributed by atoms with Crippen LogP contribution in [0.15, 0.2) is 0 Å². The largest absolute Gasteiger partial charge is 0.460 e. The van der Waals surface area contributed by atoms with E-state index in [1.165, 1.54) is 0 Å². The predicted molar refractivity (Wildman–Crippen MR) is 137 cm³/mol. The van der Waals surface area contributed by atoms with E-state index in [1.807, 2.05) is 20.8 Å². The predicted octanol–water partition coefficient (Wildman–Crippen LogP) is 2.71. The highest BCUT2D eigenvalue weighted by molar-refractivity contribution is 5.69. The van der Waals surface area contributed by atoms with Crippen LogP contribution in [-0.4, -0.2) is 89.9 Å². The van der Waals surface area contributed by atoms with Crippen LogP contribution in [0.4, 0.5) is 10.6 Å². The van der Waals surface area contributed by atoms with Crippen LogP contribution in [0.2, 0.25) is 0 Å². The van der Waals surface area contributed by atoms with Crippen molar-refractivity contribution in [3.63, 3.8) is 0 Å². The van der Waals surface area contributed by atoms with Gasteiger partial charge in [-0.05, 0) is 73.5 Å². The van der Waals surface area contributed by atoms with Crippen molar-refractivity contribution in [2.24, 2.45) is 0 Å². The molecule has 1 saturated carbocycles. The van der Waals surface area contributed by atoms with E-state index in [0.29, 0.717) is 38.2 Å². The lowest BCUT2D eigenvalue weighted by molar-refractivity contribution is 0.0144. The Morgan fingerprint density at radius 1 is 1.19 bits per heavy atom. The van der Waals surface area contributed by atoms with Gasteiger partial charge in [-0.15, -0.1) is 0 Å². The molecule has 1 atom stereocenters. The second-order valence-corrected chi connectivity index (χ2v) is 11.3. The van der Waals surface area contributed by atoms with Crippen molar-refractivity contribution in [1.82, 2.24) is 25.1 Å². The Bertz CT molecular complexity index is 964. The number of piperazine rings is 1. The summed E-state index contributed by atoms with van der Waals surface area (Å²) >= 11 is 0. The molecule has 4 rings (SSSR count). The molecule has 1 aliphatic carbocycles. The minimum Gasteiger partial charge on any atom is -0.460 e. The van der Waals surface area contributed by atoms with Crippen LogP contribution >= 0.6 is 0 Å². The molecule has 1 saturated heterocycles. The van der Waals surface area contributed by atoms with Crippen LogP contribution in [0.25, 0.3) is 0 Å². The molecule has 1 N–H and O–H groups in total. The first-order valence-corrected chi connectivity index (χ1v) is 13.2. The monoisotopic (exact) mass is 499 g/mol. The SMILES string of the molecule is CN(C)C1CCC(Oc2nc3c(c(N4CCN(C(=O)OC(C)(C)C)C(CC#N)C4)n2)CCNC3)CC1. The van der Waals surface area contributed by atoms with Gasteiger partial charge in [-0.2, -0.15) is 15.2 Å². The molecule has 0 aromatic carbocycles. The molecule has 0 bridgehead atoms. The molecule has 10 nitrogen and oxygen atoms in total. The Balaban J connectivity index is 1.52. The molecule has 1 amide bonds. The molecule has 2 aliphatic heterocycles. The van der Waals surface area contributed by atoms with E-state index in [0.717, 1.165) is 55.7 Å². The molecule has 0 spiro atoms. The van der Waals surface area contributed by atoms with Crippen molar-refractivity contribution in [2.75, 3.05) is 45.2 Å². The number of nitrogens with one attached hydrogen (secondary N) is 1. The molecular formula is C26H41N7O3. The number of carbonyl (C=O) groups is 1. The van der Waals surface area contributed by atoms with Crippen LogP contribution in [0.5, 0.6) is 6.01 Å². The lowest BCUT2D eigenvalue weighted by Gasteiger charge is -2.42. The molecule has 3 aliphatic rings. The van der Waals surface area contributed by atoms with E-state index < -0.39 is 5.60 Å². The van der Waals surface area contributed by atoms with Crippen LogP contribution < -0.4 is 15.0 Å². The van der Waals surface area contributed by atoms with Crippen molar-refractivity contribution in [3.05, 3.63) is 11.3 Å². The molecular weight excluding hydrogens is 458 g/mol. The third-order valence-electron chi connectivity index (χ3n) is 7.28. The van der Waals surface area contributed by atoms with Crippen LogP contribution in [0.1, 0.15) is 64.1 Å². The first-order chi connectivity index (χ1) is 17.1. The van der Waals surface area contributed by atoms with E-state index in [9.17, 15) is 10.1 Å². The number of hydrogen-bond acceptors (Lipinski definition) is 9. The molecule has 36 heavy (non-hydrogen) atoms. The number of nitriles is 1. The smallest absolute Gasteiger partial charge is 0.410 e. The number of ether oxygens (including phenoxy) is 2. The van der Waals surface area contributed by atoms with Gasteiger partial charge in [0, 0.05) is 37.8 Å². The number of fused-ring (bicyclic) bond motifs is 1. The second-order valence-electron chi connectivity index (χ2n) is 11.3. The van der Waals surface area contributed by atoms with Crippen LogP contribution in [0.3, 0.4) is 0 Å². The van der Waals surface area contributed by atoms with Gasteiger partial charge in [0.05, 0.1) is 24.2 Å². The number of aromatic nitrogens is 2. The third kappa shape index (κ3) is 6.37. The summed E-state index contributed by atoms with van der Waals surface area (Å²) in [7, 11) is 4.28. The number of nitrogens with zero attached hydrogens (tertiary/aromatic N) is 6. The second kappa shape index (κ2) is 11.2. The molecule has 10 heteroatoms. The highest BCUT2D eigenvalue weighted by Crippen LogP contribution is 2.31. The van der Waals surface area contributed by atoms with Crippen LogP contribution in [-0.2, 0) is 17.7 Å². The summed E-state index contributed by atoms with van der Waals surface area (Å²) in [6, 6.07) is 3.02. The van der Waals surface area contributed by atoms with Gasteiger partial charge in [0.2, 0.25) is 0 Å². The van der Waals surface area contributed by atoms with E-state index in [4.69, 9.17) is 19.4 Å². The lowest BCUT2D eigenvalue weighted by Crippen LogP contribution is -2.56. The van der Waals surface area contributed by atoms with Gasteiger partial charge in [-0.3, -0.25) is 0 Å². The van der Waals surface area contributed by atoms with Crippen molar-refractivity contribution in [3.8, 4) is 12.1 Å². The Hall–Kier alpha value is -2.64. The molecule has 2 fully saturated rings. The summed E-state index contributed by atoms with van der Waals surface area (Å²) in [5.74, 6) is 0.880. The third-order valence-corrected chi connectivity index (χ3v) is 7.28. The minimum atomic E-state index is -0.581. The van der Waals surface area contributed by atoms with E-state index >= 15 is 0 Å². The van der Waals surface area contributed by atoms with Gasteiger partial charge in [-0.1, -0.05) is 0 Å². The molecule has 0 radical (unpaired) electrons. The standard InChI is InChI=1S/C26H41N7O3/c1-26(2,3)36-25(34)33-15-14-32(17-19(33)10-12-27)23-21-11-13-28-16-22(21)29-24(30-23)35-20-8-6-18(7-9-20)31(4)5/h18-20,28H,6-11,13-17H2,1-5H3. The van der Waals surface area contributed by atoms with E-state index in [2.05, 4.69) is 35.3 Å². The number of hydrogen-bond donors (Lipinski definition) is 1. The zero-order valence-corrected chi connectivity index (χ0v) is 22.4. The quantitative estimate of drug-likeness (QED) is 0.654. The number of carbonyl (C=O) groups excluding carboxylic acids is 1. The summed E-state index contributed by atoms with van der Waals surface area (Å²) in [6.45, 7) is 8.75. The molecule has 3 heterocycles. The summed E-state index contributed by atoms with van der Waals surface area (Å²) in [5.41, 5.74) is 1.54. The summed E-state index contributed by atoms with van der Waals surface area (Å²) in [6.07, 6.45) is 5.05. The molecule has 198 valence electrons. The molecule has 1 unspecified atom stereocenters. The normalized spacial score (nSPS) is 24.8. The van der Waals surface area contributed by atoms with Crippen molar-refractivity contribution in [1.29, 1.82) is 5.26 Å². The van der Waals surface area contributed by atoms with E-state index in [-0.39, 0.29) is 24.7 Å². The van der Waals surface area contributed by atoms with Gasteiger partial charge in [-0.25, -0.2) is 4.79 Å². The van der Waals surface area contributed by atoms with Crippen molar-refractivity contribution < 1.29 is 14.3 Å². The summed E-state index contributed by atoms with van der Waals surface area (Å²) in [4.78, 5) is 28.7. The fourth-order valence-electron chi connectivity index (χ4n) is 5.35. The fraction of sp³-hybridized carbons (Fsp3) is 0.769. The van der Waals surface area contributed by atoms with E-state index in [1.54, 1.807) is 4.90 Å². The maximum absolute atomic E-state index is 12.8. The molecule has 1 aromatic heterocycles. The number of anilines is 1. The first-order valence-electron chi connectivity index (χ1n) is 13.2. The van der Waals surface area contributed by atoms with Gasteiger partial charge < -0.3 is 29.5 Å². The first kappa shape index (κ1) is 26.4. The topological polar surface area (TPSA) is 107 Å². The zero-order valence-electron chi connectivity index (χ0n) is 22.4. The van der Waals surface area contributed by atoms with Gasteiger partial charge >= 0.3 is 12.1 Å². The Labute approximate surface area is 214 Å². The summed E-state index contributed by atoms with van der Waals surface area (Å²) < 4.78 is 12.0. The maximum Gasteiger partial charge on any atom is 0.410 e. The van der Waals surface area contributed by atoms with Crippen molar-refractivity contribution >= 4 is 11.9 Å². The fourth-order valence-corrected chi connectivity index (χ4v) is 5.35. The highest BCUT2D eigenvalue weighted by Gasteiger charge is 2.35. The van der Waals surface area contributed by atoms with Gasteiger partial charge in [0.1, 0.15) is 17.5 Å². The average Bonchev–Trinajstić information content (AvgIpc) is 2.83. The number of rotatable bonds is 5.